The van der Waals surface area contributed by atoms with E-state index in [0.29, 0.717) is 44.9 Å². The van der Waals surface area contributed by atoms with Gasteiger partial charge in [-0.2, -0.15) is 0 Å². The van der Waals surface area contributed by atoms with Gasteiger partial charge in [-0.25, -0.2) is 0 Å². The molecule has 12 heteroatoms. The molecule has 16 atom stereocenters. The molecule has 0 radical (unpaired) electrons. The van der Waals surface area contributed by atoms with Gasteiger partial charge in [-0.3, -0.25) is 9.59 Å². The molecule has 0 aromatic rings. The number of aliphatic carboxylic acids is 1. The number of rotatable bonds is 5. The molecule has 2 aliphatic heterocycles. The molecule has 12 nitrogen and oxygen atoms in total. The number of ether oxygens (including phenoxy) is 3. The van der Waals surface area contributed by atoms with Crippen molar-refractivity contribution in [2.75, 3.05) is 13.2 Å². The van der Waals surface area contributed by atoms with Crippen molar-refractivity contribution < 1.29 is 59.5 Å². The third-order valence-corrected chi connectivity index (χ3v) is 15.5. The van der Waals surface area contributed by atoms with Crippen molar-refractivity contribution in [2.24, 2.45) is 50.2 Å². The van der Waals surface area contributed by atoms with Gasteiger partial charge in [0.05, 0.1) is 19.3 Å². The van der Waals surface area contributed by atoms with Crippen molar-refractivity contribution in [3.63, 3.8) is 0 Å². The van der Waals surface area contributed by atoms with Crippen LogP contribution in [-0.4, -0.2) is 110 Å². The van der Waals surface area contributed by atoms with Crippen LogP contribution in [-0.2, 0) is 23.8 Å². The lowest BCUT2D eigenvalue weighted by Crippen LogP contribution is -2.70. The highest BCUT2D eigenvalue weighted by molar-refractivity contribution is 5.82. The number of carbonyl (C=O) groups is 2. The molecular weight excluding hydrogens is 624 g/mol. The van der Waals surface area contributed by atoms with Crippen LogP contribution < -0.4 is 0 Å². The number of aliphatic hydroxyl groups is 6. The molecule has 5 aliphatic carbocycles. The van der Waals surface area contributed by atoms with Gasteiger partial charge in [0, 0.05) is 0 Å². The van der Waals surface area contributed by atoms with Gasteiger partial charge in [0.2, 0.25) is 0 Å². The SMILES string of the molecule is CC1(C)CC[C@]2(C(=O)O)[C@H](O)C[C@]3(C)C(=CC[C@@H]4[C@@]5(C)C[C@@H]6OC(=O)[C@@](CO)([C@H]6O[C@@H]6O[C@H](CO)[C@@H](O)[C@H](O)[C@H]6O)[C@H]5CC[C@]43C)[C@H]2C1. The molecule has 7 aliphatic rings. The van der Waals surface area contributed by atoms with Gasteiger partial charge in [0.1, 0.15) is 47.5 Å². The number of hydrogen-bond acceptors (Lipinski definition) is 11. The zero-order valence-corrected chi connectivity index (χ0v) is 28.7. The van der Waals surface area contributed by atoms with Crippen molar-refractivity contribution in [1.29, 1.82) is 0 Å². The standard InChI is InChI=1S/C36H54O12/c1-31(2)10-11-35(29(43)44)18(12-31)17-6-7-21-32(3)13-19-27(48-28-26(42)25(41)24(40)20(15-37)46-28)36(16-38,30(45)47-19)22(32)8-9-33(21,4)34(17,5)14-23(35)39/h6,18-28,37-42H,7-16H2,1-5H3,(H,43,44)/t18-,19+,20-,21-,22+,23-,24-,25+,26-,27+,28+,32-,33-,34-,35-,36-/m1/s1. The zero-order valence-electron chi connectivity index (χ0n) is 28.7. The quantitative estimate of drug-likeness (QED) is 0.126. The van der Waals surface area contributed by atoms with Crippen LogP contribution in [0, 0.1) is 50.2 Å². The Kier molecular flexibility index (Phi) is 7.92. The van der Waals surface area contributed by atoms with Crippen molar-refractivity contribution >= 4 is 11.9 Å². The second kappa shape index (κ2) is 10.9. The highest BCUT2D eigenvalue weighted by Gasteiger charge is 2.77. The highest BCUT2D eigenvalue weighted by Crippen LogP contribution is 2.76. The third-order valence-electron chi connectivity index (χ3n) is 15.5. The van der Waals surface area contributed by atoms with Crippen molar-refractivity contribution in [2.45, 2.75) is 135 Å². The summed E-state index contributed by atoms with van der Waals surface area (Å²) in [7, 11) is 0. The van der Waals surface area contributed by atoms with Gasteiger partial charge >= 0.3 is 11.9 Å². The minimum absolute atomic E-state index is 0.00904. The van der Waals surface area contributed by atoms with Crippen molar-refractivity contribution in [3.05, 3.63) is 11.6 Å². The number of esters is 1. The van der Waals surface area contributed by atoms with Crippen LogP contribution in [0.1, 0.15) is 86.0 Å². The van der Waals surface area contributed by atoms with E-state index < -0.39 is 95.8 Å². The summed E-state index contributed by atoms with van der Waals surface area (Å²) >= 11 is 0. The fraction of sp³-hybridized carbons (Fsp3) is 0.889. The molecule has 0 spiro atoms. The summed E-state index contributed by atoms with van der Waals surface area (Å²) < 4.78 is 17.9. The summed E-state index contributed by atoms with van der Waals surface area (Å²) in [6.07, 6.45) is -3.66. The minimum Gasteiger partial charge on any atom is -0.481 e. The van der Waals surface area contributed by atoms with Crippen LogP contribution in [0.2, 0.25) is 0 Å². The topological polar surface area (TPSA) is 203 Å². The molecular formula is C36H54O12. The average Bonchev–Trinajstić information content (AvgIpc) is 3.20. The molecule has 2 saturated heterocycles. The van der Waals surface area contributed by atoms with Gasteiger partial charge < -0.3 is 50.0 Å². The predicted molar refractivity (Wildman–Crippen MR) is 168 cm³/mol. The average molecular weight is 679 g/mol. The number of allylic oxidation sites excluding steroid dienone is 2. The molecule has 6 fully saturated rings. The number of carbonyl (C=O) groups excluding carboxylic acids is 1. The predicted octanol–water partition coefficient (Wildman–Crippen LogP) is 1.52. The summed E-state index contributed by atoms with van der Waals surface area (Å²) in [5.74, 6) is -2.16. The van der Waals surface area contributed by atoms with Gasteiger partial charge in [-0.1, -0.05) is 46.3 Å². The molecule has 0 aromatic carbocycles. The second-order valence-corrected chi connectivity index (χ2v) is 17.9. The summed E-state index contributed by atoms with van der Waals surface area (Å²) in [6.45, 7) is 9.81. The summed E-state index contributed by atoms with van der Waals surface area (Å²) in [4.78, 5) is 26.9. The molecule has 48 heavy (non-hydrogen) atoms. The zero-order chi connectivity index (χ0) is 35.0. The fourth-order valence-electron chi connectivity index (χ4n) is 12.7. The first kappa shape index (κ1) is 34.8. The molecule has 7 rings (SSSR count). The molecule has 0 aromatic heterocycles. The Morgan fingerprint density at radius 1 is 0.938 bits per heavy atom. The summed E-state index contributed by atoms with van der Waals surface area (Å²) in [6, 6.07) is 0. The van der Waals surface area contributed by atoms with E-state index >= 15 is 0 Å². The van der Waals surface area contributed by atoms with E-state index in [0.717, 1.165) is 12.0 Å². The van der Waals surface area contributed by atoms with E-state index in [1.165, 1.54) is 0 Å². The maximum atomic E-state index is 13.9. The van der Waals surface area contributed by atoms with E-state index in [1.807, 2.05) is 0 Å². The maximum Gasteiger partial charge on any atom is 0.317 e. The summed E-state index contributed by atoms with van der Waals surface area (Å²) in [5, 5.41) is 74.9. The van der Waals surface area contributed by atoms with Gasteiger partial charge in [0.25, 0.3) is 0 Å². The summed E-state index contributed by atoms with van der Waals surface area (Å²) in [5.41, 5.74) is -3.00. The number of carboxylic acid groups (broad SMARTS) is 1. The third kappa shape index (κ3) is 4.17. The Morgan fingerprint density at radius 2 is 1.65 bits per heavy atom. The minimum atomic E-state index is -1.67. The Hall–Kier alpha value is -1.64. The lowest BCUT2D eigenvalue weighted by molar-refractivity contribution is -0.331. The van der Waals surface area contributed by atoms with E-state index in [1.54, 1.807) is 0 Å². The first-order chi connectivity index (χ1) is 22.4. The first-order valence-corrected chi connectivity index (χ1v) is 17.8. The second-order valence-electron chi connectivity index (χ2n) is 17.9. The van der Waals surface area contributed by atoms with E-state index in [2.05, 4.69) is 40.7 Å². The number of hydrogen-bond donors (Lipinski definition) is 7. The van der Waals surface area contributed by atoms with Crippen LogP contribution in [0.3, 0.4) is 0 Å². The highest BCUT2D eigenvalue weighted by atomic mass is 16.7. The number of aliphatic hydroxyl groups excluding tert-OH is 6. The van der Waals surface area contributed by atoms with Crippen molar-refractivity contribution in [3.8, 4) is 0 Å². The Morgan fingerprint density at radius 3 is 2.29 bits per heavy atom. The molecule has 7 N–H and O–H groups in total. The van der Waals surface area contributed by atoms with Crippen LogP contribution in [0.5, 0.6) is 0 Å². The van der Waals surface area contributed by atoms with Crippen molar-refractivity contribution in [1.82, 2.24) is 0 Å². The molecule has 0 amide bonds. The van der Waals surface area contributed by atoms with E-state index in [-0.39, 0.29) is 28.6 Å². The lowest BCUT2D eigenvalue weighted by atomic mass is 9.33. The molecule has 2 heterocycles. The maximum absolute atomic E-state index is 13.9. The molecule has 2 bridgehead atoms. The number of fused-ring (bicyclic) bond motifs is 10. The van der Waals surface area contributed by atoms with E-state index in [9.17, 15) is 45.3 Å². The Balaban J connectivity index is 1.26. The van der Waals surface area contributed by atoms with Crippen LogP contribution in [0.25, 0.3) is 0 Å². The normalized spacial score (nSPS) is 55.4. The van der Waals surface area contributed by atoms with Crippen LogP contribution in [0.4, 0.5) is 0 Å². The smallest absolute Gasteiger partial charge is 0.317 e. The van der Waals surface area contributed by atoms with E-state index in [4.69, 9.17) is 14.2 Å². The van der Waals surface area contributed by atoms with Crippen LogP contribution >= 0.6 is 0 Å². The first-order valence-electron chi connectivity index (χ1n) is 17.8. The lowest BCUT2D eigenvalue weighted by Gasteiger charge is -2.71. The van der Waals surface area contributed by atoms with Gasteiger partial charge in [0.15, 0.2) is 6.29 Å². The molecule has 270 valence electrons. The Labute approximate surface area is 281 Å². The molecule has 4 saturated carbocycles. The van der Waals surface area contributed by atoms with Gasteiger partial charge in [-0.15, -0.1) is 0 Å². The molecule has 0 unspecified atom stereocenters. The Bertz CT molecular complexity index is 1380. The van der Waals surface area contributed by atoms with Gasteiger partial charge in [-0.05, 0) is 90.8 Å². The largest absolute Gasteiger partial charge is 0.481 e. The fourth-order valence-corrected chi connectivity index (χ4v) is 12.7. The van der Waals surface area contributed by atoms with Crippen LogP contribution in [0.15, 0.2) is 11.6 Å². The number of carboxylic acids is 1. The monoisotopic (exact) mass is 678 g/mol.